The molecule has 1 N–H and O–H groups in total. The lowest BCUT2D eigenvalue weighted by Gasteiger charge is -2.18. The van der Waals surface area contributed by atoms with Crippen molar-refractivity contribution in [2.75, 3.05) is 18.4 Å². The van der Waals surface area contributed by atoms with Crippen molar-refractivity contribution in [3.05, 3.63) is 64.5 Å². The van der Waals surface area contributed by atoms with Gasteiger partial charge in [0.2, 0.25) is 0 Å². The Morgan fingerprint density at radius 1 is 1.12 bits per heavy atom. The van der Waals surface area contributed by atoms with Crippen LogP contribution in [0.15, 0.2) is 36.4 Å². The van der Waals surface area contributed by atoms with Crippen molar-refractivity contribution in [2.45, 2.75) is 27.0 Å². The number of benzene rings is 2. The van der Waals surface area contributed by atoms with Crippen LogP contribution in [0.4, 0.5) is 10.1 Å². The normalized spacial score (nSPS) is 17.9. The summed E-state index contributed by atoms with van der Waals surface area (Å²) in [6.45, 7) is 7.62. The number of hydrogen-bond donors (Lipinski definition) is 1. The van der Waals surface area contributed by atoms with Crippen LogP contribution < -0.4 is 5.32 Å². The maximum atomic E-state index is 13.7. The maximum Gasteiger partial charge on any atom is 0.260 e. The van der Waals surface area contributed by atoms with Crippen molar-refractivity contribution >= 4 is 22.9 Å². The van der Waals surface area contributed by atoms with E-state index < -0.39 is 0 Å². The van der Waals surface area contributed by atoms with Crippen LogP contribution in [0.5, 0.6) is 0 Å². The van der Waals surface area contributed by atoms with Gasteiger partial charge in [0.05, 0.1) is 5.57 Å². The largest absolute Gasteiger partial charge is 0.487 e. The number of carbonyl (C=O) groups is 1. The first-order chi connectivity index (χ1) is 12.6. The smallest absolute Gasteiger partial charge is 0.260 e. The molecule has 2 heterocycles. The minimum absolute atomic E-state index is 0.249. The molecule has 0 saturated heterocycles. The number of anilines is 1. The topological polar surface area (TPSA) is 41.6 Å². The summed E-state index contributed by atoms with van der Waals surface area (Å²) < 4.78 is 19.5. The standard InChI is InChI=1S/C21H21FN2O2/c1-3-24(4-2)11-13-5-7-16-14(9-13)12-26-20(16)19-17-10-15(22)6-8-18(17)23-21(19)25/h5-10H,3-4,11-12H2,1-2H3,(H,23,25)/b20-19+. The first-order valence-electron chi connectivity index (χ1n) is 8.93. The van der Waals surface area contributed by atoms with Crippen molar-refractivity contribution in [1.82, 2.24) is 4.90 Å². The summed E-state index contributed by atoms with van der Waals surface area (Å²) in [7, 11) is 0. The van der Waals surface area contributed by atoms with Gasteiger partial charge in [0.15, 0.2) is 0 Å². The van der Waals surface area contributed by atoms with E-state index in [1.165, 1.54) is 17.7 Å². The summed E-state index contributed by atoms with van der Waals surface area (Å²) in [5, 5.41) is 2.78. The molecule has 0 saturated carbocycles. The third-order valence-corrected chi connectivity index (χ3v) is 5.04. The molecule has 0 aromatic heterocycles. The fourth-order valence-electron chi connectivity index (χ4n) is 3.59. The lowest BCUT2D eigenvalue weighted by Crippen LogP contribution is -2.22. The van der Waals surface area contributed by atoms with Crippen molar-refractivity contribution < 1.29 is 13.9 Å². The van der Waals surface area contributed by atoms with Gasteiger partial charge in [-0.05, 0) is 36.9 Å². The molecule has 0 bridgehead atoms. The summed E-state index contributed by atoms with van der Waals surface area (Å²) in [6.07, 6.45) is 0. The van der Waals surface area contributed by atoms with Crippen molar-refractivity contribution in [3.63, 3.8) is 0 Å². The Morgan fingerprint density at radius 3 is 2.69 bits per heavy atom. The molecule has 0 fully saturated rings. The van der Waals surface area contributed by atoms with E-state index in [0.29, 0.717) is 29.2 Å². The summed E-state index contributed by atoms with van der Waals surface area (Å²) in [6, 6.07) is 10.5. The highest BCUT2D eigenvalue weighted by molar-refractivity contribution is 6.36. The van der Waals surface area contributed by atoms with E-state index in [4.69, 9.17) is 4.74 Å². The molecule has 134 valence electrons. The summed E-state index contributed by atoms with van der Waals surface area (Å²) in [5.41, 5.74) is 4.80. The quantitative estimate of drug-likeness (QED) is 0.845. The molecule has 0 unspecified atom stereocenters. The lowest BCUT2D eigenvalue weighted by molar-refractivity contribution is -0.110. The predicted octanol–water partition coefficient (Wildman–Crippen LogP) is 4.02. The number of fused-ring (bicyclic) bond motifs is 2. The first-order valence-corrected chi connectivity index (χ1v) is 8.93. The predicted molar refractivity (Wildman–Crippen MR) is 99.7 cm³/mol. The minimum atomic E-state index is -0.369. The van der Waals surface area contributed by atoms with E-state index in [2.05, 4.69) is 36.2 Å². The van der Waals surface area contributed by atoms with Crippen LogP contribution in [0.3, 0.4) is 0 Å². The average molecular weight is 352 g/mol. The van der Waals surface area contributed by atoms with E-state index >= 15 is 0 Å². The average Bonchev–Trinajstić information content (AvgIpc) is 3.18. The molecule has 1 amide bonds. The van der Waals surface area contributed by atoms with Gasteiger partial charge in [-0.2, -0.15) is 0 Å². The zero-order valence-corrected chi connectivity index (χ0v) is 14.9. The molecule has 2 aromatic carbocycles. The number of rotatable bonds is 4. The molecule has 4 nitrogen and oxygen atoms in total. The Balaban J connectivity index is 1.74. The third kappa shape index (κ3) is 2.78. The van der Waals surface area contributed by atoms with Crippen molar-refractivity contribution in [3.8, 4) is 0 Å². The molecule has 26 heavy (non-hydrogen) atoms. The van der Waals surface area contributed by atoms with Gasteiger partial charge in [0.25, 0.3) is 5.91 Å². The lowest BCUT2D eigenvalue weighted by atomic mass is 9.99. The Kier molecular flexibility index (Phi) is 4.24. The Labute approximate surface area is 152 Å². The van der Waals surface area contributed by atoms with Gasteiger partial charge in [-0.3, -0.25) is 9.69 Å². The number of ether oxygens (including phenoxy) is 1. The van der Waals surface area contributed by atoms with E-state index in [-0.39, 0.29) is 11.7 Å². The molecular weight excluding hydrogens is 331 g/mol. The van der Waals surface area contributed by atoms with Crippen LogP contribution in [0.2, 0.25) is 0 Å². The molecule has 2 aliphatic rings. The molecule has 0 radical (unpaired) electrons. The minimum Gasteiger partial charge on any atom is -0.487 e. The van der Waals surface area contributed by atoms with Gasteiger partial charge in [-0.1, -0.05) is 32.0 Å². The highest BCUT2D eigenvalue weighted by atomic mass is 19.1. The number of nitrogens with zero attached hydrogens (tertiary/aromatic N) is 1. The van der Waals surface area contributed by atoms with Crippen LogP contribution in [-0.4, -0.2) is 23.9 Å². The Morgan fingerprint density at radius 2 is 1.92 bits per heavy atom. The van der Waals surface area contributed by atoms with Crippen molar-refractivity contribution in [1.29, 1.82) is 0 Å². The van der Waals surface area contributed by atoms with Gasteiger partial charge < -0.3 is 10.1 Å². The zero-order valence-electron chi connectivity index (χ0n) is 14.9. The van der Waals surface area contributed by atoms with Crippen LogP contribution in [-0.2, 0) is 22.7 Å². The number of halogens is 1. The molecule has 0 spiro atoms. The monoisotopic (exact) mass is 352 g/mol. The fraction of sp³-hybridized carbons (Fsp3) is 0.286. The number of carbonyl (C=O) groups excluding carboxylic acids is 1. The second-order valence-electron chi connectivity index (χ2n) is 6.59. The molecule has 5 heteroatoms. The fourth-order valence-corrected chi connectivity index (χ4v) is 3.59. The van der Waals surface area contributed by atoms with Gasteiger partial charge in [-0.15, -0.1) is 0 Å². The molecule has 0 aliphatic carbocycles. The number of amides is 1. The third-order valence-electron chi connectivity index (χ3n) is 5.04. The molecule has 2 aromatic rings. The van der Waals surface area contributed by atoms with E-state index in [1.807, 2.05) is 6.07 Å². The van der Waals surface area contributed by atoms with Crippen LogP contribution in [0.25, 0.3) is 11.3 Å². The second kappa shape index (κ2) is 6.57. The van der Waals surface area contributed by atoms with E-state index in [9.17, 15) is 9.18 Å². The van der Waals surface area contributed by atoms with Crippen LogP contribution in [0, 0.1) is 5.82 Å². The van der Waals surface area contributed by atoms with Gasteiger partial charge in [0.1, 0.15) is 18.2 Å². The van der Waals surface area contributed by atoms with Gasteiger partial charge >= 0.3 is 0 Å². The number of hydrogen-bond acceptors (Lipinski definition) is 3. The first kappa shape index (κ1) is 16.8. The highest BCUT2D eigenvalue weighted by Crippen LogP contribution is 2.41. The van der Waals surface area contributed by atoms with Crippen LogP contribution in [0.1, 0.15) is 36.1 Å². The SMILES string of the molecule is CCN(CC)Cc1ccc2c(c1)CO/C2=C1/C(=O)Nc2ccc(F)cc21. The van der Waals surface area contributed by atoms with Crippen LogP contribution >= 0.6 is 0 Å². The van der Waals surface area contributed by atoms with Gasteiger partial charge in [-0.25, -0.2) is 4.39 Å². The summed E-state index contributed by atoms with van der Waals surface area (Å²) >= 11 is 0. The highest BCUT2D eigenvalue weighted by Gasteiger charge is 2.32. The molecule has 2 aliphatic heterocycles. The maximum absolute atomic E-state index is 13.7. The number of nitrogens with one attached hydrogen (secondary N) is 1. The second-order valence-corrected chi connectivity index (χ2v) is 6.59. The molecule has 0 atom stereocenters. The van der Waals surface area contributed by atoms with E-state index in [1.54, 1.807) is 6.07 Å². The van der Waals surface area contributed by atoms with E-state index in [0.717, 1.165) is 30.8 Å². The molecular formula is C21H21FN2O2. The summed E-state index contributed by atoms with van der Waals surface area (Å²) in [5.74, 6) is -0.0805. The molecule has 4 rings (SSSR count). The van der Waals surface area contributed by atoms with Gasteiger partial charge in [0, 0.05) is 28.9 Å². The summed E-state index contributed by atoms with van der Waals surface area (Å²) in [4.78, 5) is 14.8. The zero-order chi connectivity index (χ0) is 18.3. The Hall–Kier alpha value is -2.66. The Bertz CT molecular complexity index is 916. The van der Waals surface area contributed by atoms with Crippen molar-refractivity contribution in [2.24, 2.45) is 0 Å².